The number of carbonyl (C=O) groups is 4. The van der Waals surface area contributed by atoms with Gasteiger partial charge in [-0.2, -0.15) is 0 Å². The number of hydrogen-bond donors (Lipinski definition) is 3. The van der Waals surface area contributed by atoms with Crippen LogP contribution in [0.2, 0.25) is 0 Å². The first-order valence-electron chi connectivity index (χ1n) is 12.2. The average Bonchev–Trinajstić information content (AvgIpc) is 3.51. The summed E-state index contributed by atoms with van der Waals surface area (Å²) in [6.07, 6.45) is 6.39. The number of esters is 1. The molecule has 3 aliphatic rings. The van der Waals surface area contributed by atoms with Gasteiger partial charge >= 0.3 is 18.0 Å². The van der Waals surface area contributed by atoms with E-state index in [1.54, 1.807) is 61.7 Å². The van der Waals surface area contributed by atoms with Crippen molar-refractivity contribution in [2.75, 3.05) is 17.6 Å². The zero-order chi connectivity index (χ0) is 26.0. The van der Waals surface area contributed by atoms with Crippen molar-refractivity contribution in [2.45, 2.75) is 57.1 Å². The van der Waals surface area contributed by atoms with E-state index in [2.05, 4.69) is 22.8 Å². The number of ether oxygens (including phenoxy) is 1. The van der Waals surface area contributed by atoms with E-state index < -0.39 is 29.6 Å². The summed E-state index contributed by atoms with van der Waals surface area (Å²) >= 11 is 1.62. The molecule has 36 heavy (non-hydrogen) atoms. The van der Waals surface area contributed by atoms with Crippen LogP contribution in [-0.4, -0.2) is 63.2 Å². The highest BCUT2D eigenvalue weighted by molar-refractivity contribution is 8.00. The molecule has 0 spiro atoms. The standard InChI is InChI=1S/C26H33N3O6S/c1-26(2,3)35-24(33)20-14-36-23(19-11-16-7-8-17(19)9-16)29(20)21(30)13-27-25(34)28-18-6-4-5-15(10-18)12-22(31)32/h4-8,10,16-17,19-20,23H,9,11-14H2,1-3H3,(H,31,32)(H2,27,28,34). The average molecular weight is 516 g/mol. The van der Waals surface area contributed by atoms with Gasteiger partial charge in [-0.25, -0.2) is 9.59 Å². The van der Waals surface area contributed by atoms with Gasteiger partial charge in [0.25, 0.3) is 0 Å². The number of nitrogens with zero attached hydrogens (tertiary/aromatic N) is 1. The normalized spacial score (nSPS) is 26.6. The highest BCUT2D eigenvalue weighted by Crippen LogP contribution is 2.50. The second-order valence-electron chi connectivity index (χ2n) is 10.6. The molecular weight excluding hydrogens is 482 g/mol. The van der Waals surface area contributed by atoms with Gasteiger partial charge in [0.15, 0.2) is 0 Å². The van der Waals surface area contributed by atoms with E-state index in [9.17, 15) is 19.2 Å². The minimum absolute atomic E-state index is 0.146. The molecule has 0 aromatic heterocycles. The third-order valence-electron chi connectivity index (χ3n) is 6.64. The minimum Gasteiger partial charge on any atom is -0.481 e. The lowest BCUT2D eigenvalue weighted by Crippen LogP contribution is -2.53. The summed E-state index contributed by atoms with van der Waals surface area (Å²) in [5, 5.41) is 14.0. The lowest BCUT2D eigenvalue weighted by Gasteiger charge is -2.35. The Bertz CT molecular complexity index is 1070. The Labute approximate surface area is 215 Å². The Morgan fingerprint density at radius 1 is 1.17 bits per heavy atom. The van der Waals surface area contributed by atoms with E-state index in [1.165, 1.54) is 0 Å². The number of anilines is 1. The third kappa shape index (κ3) is 6.21. The number of hydrogen-bond acceptors (Lipinski definition) is 6. The summed E-state index contributed by atoms with van der Waals surface area (Å²) in [6, 6.07) is 5.24. The van der Waals surface area contributed by atoms with E-state index in [0.29, 0.717) is 28.8 Å². The van der Waals surface area contributed by atoms with Crippen molar-refractivity contribution in [3.63, 3.8) is 0 Å². The molecule has 5 atom stereocenters. The maximum Gasteiger partial charge on any atom is 0.330 e. The number of thioether (sulfide) groups is 1. The van der Waals surface area contributed by atoms with Crippen molar-refractivity contribution in [3.05, 3.63) is 42.0 Å². The van der Waals surface area contributed by atoms with Gasteiger partial charge in [-0.05, 0) is 69.1 Å². The van der Waals surface area contributed by atoms with Gasteiger partial charge in [0.05, 0.1) is 18.3 Å². The van der Waals surface area contributed by atoms with Gasteiger partial charge in [0.1, 0.15) is 11.6 Å². The fourth-order valence-corrected chi connectivity index (χ4v) is 6.89. The van der Waals surface area contributed by atoms with Crippen LogP contribution in [0.4, 0.5) is 10.5 Å². The Morgan fingerprint density at radius 2 is 1.94 bits per heavy atom. The largest absolute Gasteiger partial charge is 0.481 e. The maximum atomic E-state index is 13.4. The van der Waals surface area contributed by atoms with Crippen LogP contribution in [-0.2, 0) is 25.5 Å². The van der Waals surface area contributed by atoms with Gasteiger partial charge in [-0.15, -0.1) is 11.8 Å². The summed E-state index contributed by atoms with van der Waals surface area (Å²) in [5.41, 5.74) is 0.305. The molecule has 2 aliphatic carbocycles. The molecule has 1 aromatic carbocycles. The van der Waals surface area contributed by atoms with Crippen molar-refractivity contribution < 1.29 is 29.0 Å². The summed E-state index contributed by atoms with van der Waals surface area (Å²) < 4.78 is 5.62. The molecule has 2 fully saturated rings. The molecule has 10 heteroatoms. The number of amides is 3. The molecule has 9 nitrogen and oxygen atoms in total. The fraction of sp³-hybridized carbons (Fsp3) is 0.538. The topological polar surface area (TPSA) is 125 Å². The van der Waals surface area contributed by atoms with Gasteiger partial charge in [0.2, 0.25) is 5.91 Å². The smallest absolute Gasteiger partial charge is 0.330 e. The zero-order valence-electron chi connectivity index (χ0n) is 20.7. The zero-order valence-corrected chi connectivity index (χ0v) is 21.5. The van der Waals surface area contributed by atoms with E-state index in [1.807, 2.05) is 0 Å². The fourth-order valence-electron chi connectivity index (χ4n) is 5.23. The highest BCUT2D eigenvalue weighted by atomic mass is 32.2. The van der Waals surface area contributed by atoms with Gasteiger partial charge in [0, 0.05) is 11.4 Å². The number of benzene rings is 1. The van der Waals surface area contributed by atoms with Gasteiger partial charge in [-0.1, -0.05) is 24.3 Å². The molecule has 1 saturated carbocycles. The predicted octanol–water partition coefficient (Wildman–Crippen LogP) is 3.26. The molecule has 194 valence electrons. The van der Waals surface area contributed by atoms with Crippen molar-refractivity contribution >= 4 is 41.3 Å². The first kappa shape index (κ1) is 26.1. The molecule has 0 radical (unpaired) electrons. The molecule has 4 rings (SSSR count). The van der Waals surface area contributed by atoms with Crippen LogP contribution in [0.3, 0.4) is 0 Å². The van der Waals surface area contributed by atoms with E-state index in [4.69, 9.17) is 9.84 Å². The Balaban J connectivity index is 1.42. The number of allylic oxidation sites excluding steroid dienone is 2. The number of nitrogens with one attached hydrogen (secondary N) is 2. The monoisotopic (exact) mass is 515 g/mol. The summed E-state index contributed by atoms with van der Waals surface area (Å²) in [5.74, 6) is -0.0658. The first-order valence-corrected chi connectivity index (χ1v) is 13.2. The molecule has 1 aromatic rings. The van der Waals surface area contributed by atoms with E-state index in [-0.39, 0.29) is 30.2 Å². The number of carboxylic acids is 1. The number of carbonyl (C=O) groups excluding carboxylic acids is 3. The number of urea groups is 1. The number of fused-ring (bicyclic) bond motifs is 2. The number of rotatable bonds is 7. The Kier molecular flexibility index (Phi) is 7.63. The SMILES string of the molecule is CC(C)(C)OC(=O)C1CSC(C2CC3C=CC2C3)N1C(=O)CNC(=O)Nc1cccc(CC(=O)O)c1. The minimum atomic E-state index is -0.967. The van der Waals surface area contributed by atoms with Crippen LogP contribution in [0.15, 0.2) is 36.4 Å². The van der Waals surface area contributed by atoms with Crippen LogP contribution < -0.4 is 10.6 Å². The third-order valence-corrected chi connectivity index (χ3v) is 8.06. The van der Waals surface area contributed by atoms with E-state index in [0.717, 1.165) is 12.8 Å². The Hall–Kier alpha value is -3.01. The first-order chi connectivity index (χ1) is 17.0. The molecule has 3 amide bonds. The van der Waals surface area contributed by atoms with Crippen molar-refractivity contribution in [1.82, 2.24) is 10.2 Å². The molecule has 2 bridgehead atoms. The van der Waals surface area contributed by atoms with Crippen molar-refractivity contribution in [3.8, 4) is 0 Å². The lowest BCUT2D eigenvalue weighted by molar-refractivity contribution is -0.164. The Morgan fingerprint density at radius 3 is 2.58 bits per heavy atom. The maximum absolute atomic E-state index is 13.4. The summed E-state index contributed by atoms with van der Waals surface area (Å²) in [4.78, 5) is 51.5. The molecule has 3 N–H and O–H groups in total. The molecule has 1 heterocycles. The van der Waals surface area contributed by atoms with Crippen LogP contribution in [0.1, 0.15) is 39.2 Å². The van der Waals surface area contributed by atoms with Crippen LogP contribution >= 0.6 is 11.8 Å². The molecule has 5 unspecified atom stereocenters. The predicted molar refractivity (Wildman–Crippen MR) is 136 cm³/mol. The summed E-state index contributed by atoms with van der Waals surface area (Å²) in [7, 11) is 0. The van der Waals surface area contributed by atoms with Crippen LogP contribution in [0.25, 0.3) is 0 Å². The van der Waals surface area contributed by atoms with Gasteiger partial charge in [-0.3, -0.25) is 9.59 Å². The lowest BCUT2D eigenvalue weighted by atomic mass is 9.92. The number of carboxylic acid groups (broad SMARTS) is 1. The van der Waals surface area contributed by atoms with Crippen molar-refractivity contribution in [2.24, 2.45) is 17.8 Å². The van der Waals surface area contributed by atoms with Crippen LogP contribution in [0.5, 0.6) is 0 Å². The molecular formula is C26H33N3O6S. The highest BCUT2D eigenvalue weighted by Gasteiger charge is 2.50. The quantitative estimate of drug-likeness (QED) is 0.376. The second kappa shape index (κ2) is 10.5. The van der Waals surface area contributed by atoms with Crippen LogP contribution in [0, 0.1) is 17.8 Å². The second-order valence-corrected chi connectivity index (χ2v) is 11.7. The summed E-state index contributed by atoms with van der Waals surface area (Å²) in [6.45, 7) is 5.13. The molecule has 1 saturated heterocycles. The van der Waals surface area contributed by atoms with E-state index >= 15 is 0 Å². The van der Waals surface area contributed by atoms with Crippen molar-refractivity contribution in [1.29, 1.82) is 0 Å². The molecule has 1 aliphatic heterocycles. The number of aliphatic carboxylic acids is 1. The van der Waals surface area contributed by atoms with Gasteiger partial charge < -0.3 is 25.4 Å².